The van der Waals surface area contributed by atoms with Gasteiger partial charge in [-0.2, -0.15) is 0 Å². The summed E-state index contributed by atoms with van der Waals surface area (Å²) in [5.74, 6) is 0.923. The molecule has 0 spiro atoms. The number of nitrogens with zero attached hydrogens (tertiary/aromatic N) is 4. The van der Waals surface area contributed by atoms with Crippen LogP contribution in [0.15, 0.2) is 36.7 Å². The third-order valence-corrected chi connectivity index (χ3v) is 2.59. The highest BCUT2D eigenvalue weighted by Gasteiger charge is 2.10. The molecule has 0 aliphatic heterocycles. The normalized spacial score (nSPS) is 10.9. The van der Waals surface area contributed by atoms with Crippen molar-refractivity contribution in [2.75, 3.05) is 5.73 Å². The van der Waals surface area contributed by atoms with Crippen molar-refractivity contribution in [3.63, 3.8) is 0 Å². The van der Waals surface area contributed by atoms with Crippen LogP contribution in [0.25, 0.3) is 16.9 Å². The second-order valence-corrected chi connectivity index (χ2v) is 3.88. The summed E-state index contributed by atoms with van der Waals surface area (Å²) in [6, 6.07) is 7.63. The molecule has 0 saturated carbocycles. The summed E-state index contributed by atoms with van der Waals surface area (Å²) >= 11 is 5.82. The maximum Gasteiger partial charge on any atom is 0.207 e. The summed E-state index contributed by atoms with van der Waals surface area (Å²) in [4.78, 5) is 12.4. The largest absolute Gasteiger partial charge is 0.369 e. The van der Waals surface area contributed by atoms with Crippen molar-refractivity contribution < 1.29 is 0 Å². The maximum atomic E-state index is 5.88. The van der Waals surface area contributed by atoms with Gasteiger partial charge in [-0.05, 0) is 12.1 Å². The fraction of sp³-hybridized carbons (Fsp3) is 0. The van der Waals surface area contributed by atoms with E-state index in [-0.39, 0.29) is 0 Å². The van der Waals surface area contributed by atoms with Crippen molar-refractivity contribution in [1.29, 1.82) is 0 Å². The maximum absolute atomic E-state index is 5.88. The van der Waals surface area contributed by atoms with E-state index < -0.39 is 0 Å². The summed E-state index contributed by atoms with van der Waals surface area (Å²) in [6.07, 6.45) is 3.07. The van der Waals surface area contributed by atoms with E-state index in [9.17, 15) is 0 Å². The highest BCUT2D eigenvalue weighted by molar-refractivity contribution is 6.29. The Kier molecular flexibility index (Phi) is 2.19. The first-order valence-electron chi connectivity index (χ1n) is 4.96. The van der Waals surface area contributed by atoms with Gasteiger partial charge >= 0.3 is 0 Å². The molecule has 17 heavy (non-hydrogen) atoms. The molecule has 3 rings (SSSR count). The highest BCUT2D eigenvalue weighted by atomic mass is 35.5. The molecular formula is C11H8ClN5. The Hall–Kier alpha value is -2.14. The third-order valence-electron chi connectivity index (χ3n) is 2.41. The molecule has 2 N–H and O–H groups in total. The Labute approximate surface area is 102 Å². The Morgan fingerprint density at radius 2 is 1.94 bits per heavy atom. The van der Waals surface area contributed by atoms with Gasteiger partial charge in [-0.1, -0.05) is 23.7 Å². The number of imidazole rings is 1. The molecule has 3 aromatic rings. The van der Waals surface area contributed by atoms with E-state index in [2.05, 4.69) is 15.0 Å². The molecule has 1 aromatic carbocycles. The molecule has 0 unspecified atom stereocenters. The van der Waals surface area contributed by atoms with Crippen LogP contribution >= 0.6 is 11.6 Å². The van der Waals surface area contributed by atoms with E-state index in [1.54, 1.807) is 10.8 Å². The van der Waals surface area contributed by atoms with E-state index in [1.165, 1.54) is 6.20 Å². The minimum atomic E-state index is 0.319. The van der Waals surface area contributed by atoms with E-state index >= 15 is 0 Å². The molecule has 2 heterocycles. The van der Waals surface area contributed by atoms with Gasteiger partial charge in [0.15, 0.2) is 5.82 Å². The first-order valence-corrected chi connectivity index (χ1v) is 5.34. The number of fused-ring (bicyclic) bond motifs is 1. The van der Waals surface area contributed by atoms with Crippen molar-refractivity contribution in [3.05, 3.63) is 41.8 Å². The number of nitrogen functional groups attached to an aromatic ring is 1. The van der Waals surface area contributed by atoms with E-state index in [4.69, 9.17) is 17.3 Å². The van der Waals surface area contributed by atoms with Crippen LogP contribution in [0.2, 0.25) is 5.15 Å². The second-order valence-electron chi connectivity index (χ2n) is 3.49. The molecule has 5 nitrogen and oxygen atoms in total. The molecule has 0 fully saturated rings. The quantitative estimate of drug-likeness (QED) is 0.712. The highest BCUT2D eigenvalue weighted by Crippen LogP contribution is 2.21. The summed E-state index contributed by atoms with van der Waals surface area (Å²) < 4.78 is 1.72. The van der Waals surface area contributed by atoms with Crippen LogP contribution in [0, 0.1) is 0 Å². The number of benzene rings is 1. The zero-order valence-electron chi connectivity index (χ0n) is 8.71. The average Bonchev–Trinajstić information content (AvgIpc) is 2.64. The van der Waals surface area contributed by atoms with Gasteiger partial charge in [0.05, 0.1) is 23.4 Å². The zero-order chi connectivity index (χ0) is 11.8. The van der Waals surface area contributed by atoms with Crippen molar-refractivity contribution >= 4 is 28.6 Å². The van der Waals surface area contributed by atoms with E-state index in [1.807, 2.05) is 24.3 Å². The van der Waals surface area contributed by atoms with Crippen LogP contribution in [-0.4, -0.2) is 19.5 Å². The number of nitrogens with two attached hydrogens (primary N) is 1. The number of aromatic nitrogens is 4. The summed E-state index contributed by atoms with van der Waals surface area (Å²) in [6.45, 7) is 0. The van der Waals surface area contributed by atoms with Gasteiger partial charge in [-0.25, -0.2) is 9.97 Å². The minimum Gasteiger partial charge on any atom is -0.369 e. The minimum absolute atomic E-state index is 0.319. The zero-order valence-corrected chi connectivity index (χ0v) is 9.46. The van der Waals surface area contributed by atoms with Crippen LogP contribution in [0.3, 0.4) is 0 Å². The standard InChI is InChI=1S/C11H8ClN5/c12-9-5-14-6-10(16-9)17-8-4-2-1-3-7(8)15-11(17)13/h1-6H,(H2,13,15). The van der Waals surface area contributed by atoms with Gasteiger partial charge in [-0.15, -0.1) is 0 Å². The number of rotatable bonds is 1. The average molecular weight is 246 g/mol. The SMILES string of the molecule is Nc1nc2ccccc2n1-c1cncc(Cl)n1. The Morgan fingerprint density at radius 1 is 1.12 bits per heavy atom. The molecular weight excluding hydrogens is 238 g/mol. The monoisotopic (exact) mass is 245 g/mol. The molecule has 0 aliphatic rings. The lowest BCUT2D eigenvalue weighted by Gasteiger charge is -2.04. The third kappa shape index (κ3) is 1.60. The molecule has 0 radical (unpaired) electrons. The van der Waals surface area contributed by atoms with Gasteiger partial charge in [-0.3, -0.25) is 9.55 Å². The van der Waals surface area contributed by atoms with Crippen molar-refractivity contribution in [1.82, 2.24) is 19.5 Å². The second kappa shape index (κ2) is 3.71. The van der Waals surface area contributed by atoms with Crippen molar-refractivity contribution in [2.45, 2.75) is 0 Å². The molecule has 0 bridgehead atoms. The van der Waals surface area contributed by atoms with Crippen LogP contribution < -0.4 is 5.73 Å². The van der Waals surface area contributed by atoms with E-state index in [0.717, 1.165) is 11.0 Å². The van der Waals surface area contributed by atoms with Crippen molar-refractivity contribution in [2.24, 2.45) is 0 Å². The Morgan fingerprint density at radius 3 is 2.76 bits per heavy atom. The first kappa shape index (κ1) is 10.0. The van der Waals surface area contributed by atoms with E-state index in [0.29, 0.717) is 16.9 Å². The summed E-state index contributed by atoms with van der Waals surface area (Å²) in [5, 5.41) is 0.319. The van der Waals surface area contributed by atoms with Crippen molar-refractivity contribution in [3.8, 4) is 5.82 Å². The van der Waals surface area contributed by atoms with Crippen LogP contribution in [-0.2, 0) is 0 Å². The first-order chi connectivity index (χ1) is 8.25. The molecule has 6 heteroatoms. The Bertz CT molecular complexity index is 691. The molecule has 0 saturated heterocycles. The fourth-order valence-corrected chi connectivity index (χ4v) is 1.87. The summed E-state index contributed by atoms with van der Waals surface area (Å²) in [7, 11) is 0. The van der Waals surface area contributed by atoms with Gasteiger partial charge in [0.1, 0.15) is 5.15 Å². The lowest BCUT2D eigenvalue weighted by atomic mass is 10.3. The lowest BCUT2D eigenvalue weighted by Crippen LogP contribution is -2.03. The number of hydrogen-bond acceptors (Lipinski definition) is 4. The van der Waals surface area contributed by atoms with Gasteiger partial charge in [0, 0.05) is 0 Å². The number of halogens is 1. The number of anilines is 1. The predicted octanol–water partition coefficient (Wildman–Crippen LogP) is 2.05. The molecule has 0 atom stereocenters. The van der Waals surface area contributed by atoms with Gasteiger partial charge in [0.25, 0.3) is 0 Å². The molecule has 84 valence electrons. The fourth-order valence-electron chi connectivity index (χ4n) is 1.73. The van der Waals surface area contributed by atoms with Crippen LogP contribution in [0.5, 0.6) is 0 Å². The number of hydrogen-bond donors (Lipinski definition) is 1. The van der Waals surface area contributed by atoms with Crippen LogP contribution in [0.4, 0.5) is 5.95 Å². The van der Waals surface area contributed by atoms with Gasteiger partial charge < -0.3 is 5.73 Å². The Balaban J connectivity index is 2.33. The smallest absolute Gasteiger partial charge is 0.207 e. The molecule has 0 amide bonds. The number of para-hydroxylation sites is 2. The molecule has 2 aromatic heterocycles. The summed E-state index contributed by atoms with van der Waals surface area (Å²) in [5.41, 5.74) is 7.56. The van der Waals surface area contributed by atoms with Gasteiger partial charge in [0.2, 0.25) is 5.95 Å². The predicted molar refractivity (Wildman–Crippen MR) is 66.1 cm³/mol. The van der Waals surface area contributed by atoms with Crippen LogP contribution in [0.1, 0.15) is 0 Å². The lowest BCUT2D eigenvalue weighted by molar-refractivity contribution is 1.01. The molecule has 0 aliphatic carbocycles. The topological polar surface area (TPSA) is 69.6 Å².